The van der Waals surface area contributed by atoms with Gasteiger partial charge < -0.3 is 15.6 Å². The average molecular weight is 281 g/mol. The number of aliphatic hydroxyl groups is 1. The van der Waals surface area contributed by atoms with E-state index in [2.05, 4.69) is 19.9 Å². The molecule has 0 saturated heterocycles. The van der Waals surface area contributed by atoms with E-state index in [0.717, 1.165) is 16.7 Å². The van der Waals surface area contributed by atoms with E-state index in [1.54, 1.807) is 0 Å². The van der Waals surface area contributed by atoms with E-state index in [0.29, 0.717) is 18.1 Å². The molecule has 1 aliphatic carbocycles. The molecule has 2 aliphatic rings. The first-order chi connectivity index (χ1) is 9.96. The molecule has 0 fully saturated rings. The fourth-order valence-corrected chi connectivity index (χ4v) is 3.60. The van der Waals surface area contributed by atoms with Crippen LogP contribution in [0.5, 0.6) is 5.75 Å². The van der Waals surface area contributed by atoms with Crippen LogP contribution in [-0.4, -0.2) is 5.11 Å². The average Bonchev–Trinajstić information content (AvgIpc) is 2.80. The third-order valence-corrected chi connectivity index (χ3v) is 4.87. The molecule has 1 heterocycles. The van der Waals surface area contributed by atoms with Gasteiger partial charge in [0.25, 0.3) is 5.79 Å². The Morgan fingerprint density at radius 3 is 2.67 bits per heavy atom. The molecule has 3 N–H and O–H groups in total. The molecular weight excluding hydrogens is 262 g/mol. The van der Waals surface area contributed by atoms with E-state index < -0.39 is 11.3 Å². The third kappa shape index (κ3) is 1.45. The quantitative estimate of drug-likeness (QED) is 0.845. The highest BCUT2D eigenvalue weighted by Gasteiger charge is 2.63. The second-order valence-corrected chi connectivity index (χ2v) is 6.46. The minimum Gasteiger partial charge on any atom is -0.455 e. The number of nitrogens with two attached hydrogens (primary N) is 1. The summed E-state index contributed by atoms with van der Waals surface area (Å²) < 4.78 is 5.97. The first-order valence-corrected chi connectivity index (χ1v) is 7.39. The maximum absolute atomic E-state index is 11.1. The van der Waals surface area contributed by atoms with Crippen LogP contribution in [0.2, 0.25) is 0 Å². The standard InChI is InChI=1S/C18H19NO2/c1-11(2)12-7-8-15-16(9-12)21-18(20)14-6-4-3-5-13(14)10-17(15,18)19/h3-9,11,20H,10,19H2,1-2H3. The molecule has 2 unspecified atom stereocenters. The Balaban J connectivity index is 1.90. The van der Waals surface area contributed by atoms with Crippen molar-refractivity contribution in [2.24, 2.45) is 5.73 Å². The summed E-state index contributed by atoms with van der Waals surface area (Å²) in [5.41, 5.74) is 9.64. The molecule has 2 aromatic rings. The Bertz CT molecular complexity index is 740. The van der Waals surface area contributed by atoms with Crippen LogP contribution < -0.4 is 10.5 Å². The predicted octanol–water partition coefficient (Wildman–Crippen LogP) is 2.76. The molecular formula is C18H19NO2. The topological polar surface area (TPSA) is 55.5 Å². The number of benzene rings is 2. The molecule has 3 nitrogen and oxygen atoms in total. The van der Waals surface area contributed by atoms with Crippen molar-refractivity contribution in [2.75, 3.05) is 0 Å². The molecule has 0 amide bonds. The second kappa shape index (κ2) is 3.87. The van der Waals surface area contributed by atoms with Gasteiger partial charge in [0, 0.05) is 17.5 Å². The molecule has 0 aromatic heterocycles. The van der Waals surface area contributed by atoms with Crippen molar-refractivity contribution < 1.29 is 9.84 Å². The lowest BCUT2D eigenvalue weighted by Gasteiger charge is -2.31. The van der Waals surface area contributed by atoms with Crippen molar-refractivity contribution >= 4 is 0 Å². The number of hydrogen-bond donors (Lipinski definition) is 2. The molecule has 0 radical (unpaired) electrons. The molecule has 3 heteroatoms. The zero-order valence-corrected chi connectivity index (χ0v) is 12.3. The molecule has 0 saturated carbocycles. The Labute approximate surface area is 124 Å². The van der Waals surface area contributed by atoms with Crippen molar-refractivity contribution in [3.05, 3.63) is 64.7 Å². The van der Waals surface area contributed by atoms with Gasteiger partial charge in [-0.05, 0) is 23.1 Å². The predicted molar refractivity (Wildman–Crippen MR) is 81.1 cm³/mol. The summed E-state index contributed by atoms with van der Waals surface area (Å²) in [6.45, 7) is 4.28. The summed E-state index contributed by atoms with van der Waals surface area (Å²) in [6, 6.07) is 13.9. The van der Waals surface area contributed by atoms with Gasteiger partial charge in [-0.3, -0.25) is 0 Å². The molecule has 21 heavy (non-hydrogen) atoms. The van der Waals surface area contributed by atoms with Gasteiger partial charge in [-0.1, -0.05) is 50.2 Å². The summed E-state index contributed by atoms with van der Waals surface area (Å²) in [7, 11) is 0. The summed E-state index contributed by atoms with van der Waals surface area (Å²) in [5.74, 6) is -0.336. The highest BCUT2D eigenvalue weighted by atomic mass is 16.6. The molecule has 2 aromatic carbocycles. The number of fused-ring (bicyclic) bond motifs is 5. The zero-order chi connectivity index (χ0) is 14.8. The van der Waals surface area contributed by atoms with E-state index >= 15 is 0 Å². The molecule has 0 spiro atoms. The Hall–Kier alpha value is -1.84. The van der Waals surface area contributed by atoms with Gasteiger partial charge in [0.15, 0.2) is 0 Å². The minimum atomic E-state index is -1.46. The van der Waals surface area contributed by atoms with Crippen molar-refractivity contribution in [3.63, 3.8) is 0 Å². The van der Waals surface area contributed by atoms with E-state index in [9.17, 15) is 5.11 Å². The van der Waals surface area contributed by atoms with Crippen LogP contribution in [-0.2, 0) is 17.7 Å². The van der Waals surface area contributed by atoms with E-state index in [1.807, 2.05) is 36.4 Å². The smallest absolute Gasteiger partial charge is 0.258 e. The SMILES string of the molecule is CC(C)c1ccc2c(c1)OC1(O)c3ccccc3CC21N. The second-order valence-electron chi connectivity index (χ2n) is 6.46. The first-order valence-electron chi connectivity index (χ1n) is 7.39. The lowest BCUT2D eigenvalue weighted by Crippen LogP contribution is -2.52. The van der Waals surface area contributed by atoms with E-state index in [4.69, 9.17) is 10.5 Å². The molecule has 1 aliphatic heterocycles. The lowest BCUT2D eigenvalue weighted by molar-refractivity contribution is -0.172. The van der Waals surface area contributed by atoms with Crippen molar-refractivity contribution in [1.29, 1.82) is 0 Å². The highest BCUT2D eigenvalue weighted by Crippen LogP contribution is 2.56. The number of rotatable bonds is 1. The summed E-state index contributed by atoms with van der Waals surface area (Å²) >= 11 is 0. The van der Waals surface area contributed by atoms with Crippen LogP contribution in [0.3, 0.4) is 0 Å². The van der Waals surface area contributed by atoms with Crippen molar-refractivity contribution in [2.45, 2.75) is 37.5 Å². The molecule has 108 valence electrons. The number of ether oxygens (including phenoxy) is 1. The van der Waals surface area contributed by atoms with Gasteiger partial charge in [-0.2, -0.15) is 0 Å². The van der Waals surface area contributed by atoms with Gasteiger partial charge in [-0.25, -0.2) is 0 Å². The van der Waals surface area contributed by atoms with E-state index in [-0.39, 0.29) is 0 Å². The van der Waals surface area contributed by atoms with Crippen LogP contribution in [0.1, 0.15) is 42.0 Å². The maximum atomic E-state index is 11.1. The maximum Gasteiger partial charge on any atom is 0.258 e. The first kappa shape index (κ1) is 12.9. The normalized spacial score (nSPS) is 29.0. The zero-order valence-electron chi connectivity index (χ0n) is 12.3. The van der Waals surface area contributed by atoms with Crippen LogP contribution in [0.15, 0.2) is 42.5 Å². The number of hydrogen-bond acceptors (Lipinski definition) is 3. The monoisotopic (exact) mass is 281 g/mol. The van der Waals surface area contributed by atoms with Gasteiger partial charge in [-0.15, -0.1) is 0 Å². The van der Waals surface area contributed by atoms with Gasteiger partial charge in [0.2, 0.25) is 0 Å². The van der Waals surface area contributed by atoms with Gasteiger partial charge in [0.05, 0.1) is 0 Å². The fraction of sp³-hybridized carbons (Fsp3) is 0.333. The largest absolute Gasteiger partial charge is 0.455 e. The Morgan fingerprint density at radius 2 is 1.90 bits per heavy atom. The lowest BCUT2D eigenvalue weighted by atomic mass is 9.84. The summed E-state index contributed by atoms with van der Waals surface area (Å²) in [4.78, 5) is 0. The van der Waals surface area contributed by atoms with Crippen LogP contribution in [0, 0.1) is 0 Å². The van der Waals surface area contributed by atoms with Crippen LogP contribution in [0.25, 0.3) is 0 Å². The van der Waals surface area contributed by atoms with Gasteiger partial charge >= 0.3 is 0 Å². The molecule has 2 atom stereocenters. The van der Waals surface area contributed by atoms with Crippen molar-refractivity contribution in [1.82, 2.24) is 0 Å². The summed E-state index contributed by atoms with van der Waals surface area (Å²) in [6.07, 6.45) is 0.591. The minimum absolute atomic E-state index is 0.412. The molecule has 0 bridgehead atoms. The summed E-state index contributed by atoms with van der Waals surface area (Å²) in [5, 5.41) is 11.1. The van der Waals surface area contributed by atoms with Gasteiger partial charge in [0.1, 0.15) is 11.3 Å². The Kier molecular flexibility index (Phi) is 2.37. The van der Waals surface area contributed by atoms with Crippen LogP contribution in [0.4, 0.5) is 0 Å². The fourth-order valence-electron chi connectivity index (χ4n) is 3.60. The highest BCUT2D eigenvalue weighted by molar-refractivity contribution is 5.56. The Morgan fingerprint density at radius 1 is 1.14 bits per heavy atom. The third-order valence-electron chi connectivity index (χ3n) is 4.87. The van der Waals surface area contributed by atoms with Crippen molar-refractivity contribution in [3.8, 4) is 5.75 Å². The van der Waals surface area contributed by atoms with Crippen LogP contribution >= 0.6 is 0 Å². The van der Waals surface area contributed by atoms with E-state index in [1.165, 1.54) is 5.56 Å². The molecule has 4 rings (SSSR count).